The van der Waals surface area contributed by atoms with Crippen molar-refractivity contribution in [1.82, 2.24) is 4.98 Å². The van der Waals surface area contributed by atoms with E-state index in [0.717, 1.165) is 36.1 Å². The Morgan fingerprint density at radius 2 is 1.57 bits per heavy atom. The molecule has 0 amide bonds. The van der Waals surface area contributed by atoms with Crippen LogP contribution in [0.2, 0.25) is 0 Å². The zero-order valence-electron chi connectivity index (χ0n) is 18.2. The summed E-state index contributed by atoms with van der Waals surface area (Å²) in [5.74, 6) is 0.337. The average Bonchev–Trinajstić information content (AvgIpc) is 2.78. The lowest BCUT2D eigenvalue weighted by atomic mass is 10.0. The summed E-state index contributed by atoms with van der Waals surface area (Å²) in [6.45, 7) is 5.02. The molecule has 0 saturated carbocycles. The van der Waals surface area contributed by atoms with Crippen LogP contribution in [0.3, 0.4) is 0 Å². The summed E-state index contributed by atoms with van der Waals surface area (Å²) < 4.78 is 20.3. The van der Waals surface area contributed by atoms with Crippen molar-refractivity contribution in [2.75, 3.05) is 6.61 Å². The predicted molar refractivity (Wildman–Crippen MR) is 123 cm³/mol. The molecule has 0 aliphatic rings. The second kappa shape index (κ2) is 11.5. The van der Waals surface area contributed by atoms with Gasteiger partial charge in [0.25, 0.3) is 0 Å². The molecule has 0 bridgehead atoms. The first-order valence-corrected chi connectivity index (χ1v) is 11.2. The number of hydrogen-bond acceptors (Lipinski definition) is 2. The third-order valence-electron chi connectivity index (χ3n) is 5.34. The molecular weight excluding hydrogens is 373 g/mol. The van der Waals surface area contributed by atoms with Gasteiger partial charge in [-0.15, -0.1) is 0 Å². The highest BCUT2D eigenvalue weighted by Crippen LogP contribution is 2.28. The lowest BCUT2D eigenvalue weighted by Gasteiger charge is -2.09. The molecule has 0 saturated heterocycles. The van der Waals surface area contributed by atoms with Crippen LogP contribution in [0.1, 0.15) is 57.9 Å². The minimum Gasteiger partial charge on any atom is -0.493 e. The summed E-state index contributed by atoms with van der Waals surface area (Å²) in [4.78, 5) is 4.59. The van der Waals surface area contributed by atoms with Gasteiger partial charge in [0.15, 0.2) is 0 Å². The third-order valence-corrected chi connectivity index (χ3v) is 5.34. The van der Waals surface area contributed by atoms with Gasteiger partial charge in [-0.2, -0.15) is 0 Å². The maximum Gasteiger partial charge on any atom is 0.134 e. The van der Waals surface area contributed by atoms with Crippen LogP contribution in [0.15, 0.2) is 60.8 Å². The van der Waals surface area contributed by atoms with Crippen LogP contribution in [0, 0.1) is 5.82 Å². The van der Waals surface area contributed by atoms with Crippen LogP contribution in [0.4, 0.5) is 4.39 Å². The molecule has 2 aromatic carbocycles. The van der Waals surface area contributed by atoms with Crippen molar-refractivity contribution in [3.05, 3.63) is 72.2 Å². The number of halogens is 1. The molecule has 1 heterocycles. The van der Waals surface area contributed by atoms with E-state index in [1.807, 2.05) is 36.5 Å². The second-order valence-electron chi connectivity index (χ2n) is 7.78. The summed E-state index contributed by atoms with van der Waals surface area (Å²) in [6.07, 6.45) is 9.97. The van der Waals surface area contributed by atoms with E-state index in [1.54, 1.807) is 6.07 Å². The Labute approximate surface area is 180 Å². The van der Waals surface area contributed by atoms with E-state index in [4.69, 9.17) is 4.74 Å². The lowest BCUT2D eigenvalue weighted by Crippen LogP contribution is -1.98. The zero-order chi connectivity index (χ0) is 21.2. The zero-order valence-corrected chi connectivity index (χ0v) is 18.2. The van der Waals surface area contributed by atoms with E-state index in [9.17, 15) is 4.39 Å². The molecule has 3 aromatic rings. The highest BCUT2D eigenvalue weighted by Gasteiger charge is 2.08. The molecule has 0 aliphatic heterocycles. The maximum absolute atomic E-state index is 14.6. The SMILES string of the molecule is CCCCCCOc1ccc(-c2ccc(-c3ccc(CCCC)cn3)cc2)c(F)c1. The van der Waals surface area contributed by atoms with Gasteiger partial charge >= 0.3 is 0 Å². The Bertz CT molecular complexity index is 903. The van der Waals surface area contributed by atoms with E-state index in [0.29, 0.717) is 17.9 Å². The first kappa shape index (κ1) is 22.0. The van der Waals surface area contributed by atoms with Gasteiger partial charge in [0.1, 0.15) is 11.6 Å². The molecule has 30 heavy (non-hydrogen) atoms. The molecule has 0 N–H and O–H groups in total. The quantitative estimate of drug-likeness (QED) is 0.303. The molecular formula is C27H32FNO. The Morgan fingerprint density at radius 3 is 2.23 bits per heavy atom. The van der Waals surface area contributed by atoms with E-state index in [1.165, 1.54) is 37.3 Å². The Balaban J connectivity index is 1.64. The van der Waals surface area contributed by atoms with Gasteiger partial charge in [0.2, 0.25) is 0 Å². The maximum atomic E-state index is 14.6. The van der Waals surface area contributed by atoms with Gasteiger partial charge in [0, 0.05) is 23.4 Å². The third kappa shape index (κ3) is 6.16. The van der Waals surface area contributed by atoms with Crippen LogP contribution in [0.5, 0.6) is 5.75 Å². The number of hydrogen-bond donors (Lipinski definition) is 0. The van der Waals surface area contributed by atoms with Crippen molar-refractivity contribution >= 4 is 0 Å². The highest BCUT2D eigenvalue weighted by atomic mass is 19.1. The van der Waals surface area contributed by atoms with E-state index in [2.05, 4.69) is 31.0 Å². The summed E-state index contributed by atoms with van der Waals surface area (Å²) in [5, 5.41) is 0. The fourth-order valence-electron chi connectivity index (χ4n) is 3.48. The Kier molecular flexibility index (Phi) is 8.43. The number of nitrogens with zero attached hydrogens (tertiary/aromatic N) is 1. The van der Waals surface area contributed by atoms with Gasteiger partial charge in [-0.1, -0.05) is 69.9 Å². The fraction of sp³-hybridized carbons (Fsp3) is 0.370. The molecule has 0 radical (unpaired) electrons. The van der Waals surface area contributed by atoms with Crippen molar-refractivity contribution in [1.29, 1.82) is 0 Å². The van der Waals surface area contributed by atoms with Gasteiger partial charge in [-0.3, -0.25) is 4.98 Å². The van der Waals surface area contributed by atoms with Crippen LogP contribution in [-0.2, 0) is 6.42 Å². The van der Waals surface area contributed by atoms with E-state index < -0.39 is 0 Å². The molecule has 3 rings (SSSR count). The molecule has 158 valence electrons. The minimum atomic E-state index is -0.257. The molecule has 0 aliphatic carbocycles. The molecule has 0 atom stereocenters. The van der Waals surface area contributed by atoms with Crippen LogP contribution in [0.25, 0.3) is 22.4 Å². The van der Waals surface area contributed by atoms with E-state index in [-0.39, 0.29) is 5.82 Å². The monoisotopic (exact) mass is 405 g/mol. The van der Waals surface area contributed by atoms with Gasteiger partial charge in [-0.05, 0) is 48.6 Å². The standard InChI is InChI=1S/C27H32FNO/c1-3-5-7-8-18-30-24-15-16-25(26(28)19-24)22-11-13-23(14-12-22)27-17-10-21(20-29-27)9-6-4-2/h10-17,19-20H,3-9,18H2,1-2H3. The molecule has 0 fully saturated rings. The Hall–Kier alpha value is -2.68. The molecule has 2 nitrogen and oxygen atoms in total. The number of pyridine rings is 1. The first-order chi connectivity index (χ1) is 14.7. The van der Waals surface area contributed by atoms with Crippen molar-refractivity contribution < 1.29 is 9.13 Å². The average molecular weight is 406 g/mol. The summed E-state index contributed by atoms with van der Waals surface area (Å²) in [7, 11) is 0. The number of aromatic nitrogens is 1. The van der Waals surface area contributed by atoms with Gasteiger partial charge < -0.3 is 4.74 Å². The van der Waals surface area contributed by atoms with Gasteiger partial charge in [0.05, 0.1) is 12.3 Å². The topological polar surface area (TPSA) is 22.1 Å². The summed E-state index contributed by atoms with van der Waals surface area (Å²) >= 11 is 0. The van der Waals surface area contributed by atoms with Gasteiger partial charge in [-0.25, -0.2) is 4.39 Å². The predicted octanol–water partition coefficient (Wildman–Crippen LogP) is 7.86. The van der Waals surface area contributed by atoms with Crippen molar-refractivity contribution in [2.24, 2.45) is 0 Å². The fourth-order valence-corrected chi connectivity index (χ4v) is 3.48. The molecule has 1 aromatic heterocycles. The largest absolute Gasteiger partial charge is 0.493 e. The Morgan fingerprint density at radius 1 is 0.800 bits per heavy atom. The molecule has 0 spiro atoms. The number of benzene rings is 2. The number of unbranched alkanes of at least 4 members (excludes halogenated alkanes) is 4. The van der Waals surface area contributed by atoms with E-state index >= 15 is 0 Å². The molecule has 3 heteroatoms. The summed E-state index contributed by atoms with van der Waals surface area (Å²) in [6, 6.07) is 17.2. The van der Waals surface area contributed by atoms with Crippen LogP contribution in [-0.4, -0.2) is 11.6 Å². The van der Waals surface area contributed by atoms with Crippen LogP contribution < -0.4 is 4.74 Å². The van der Waals surface area contributed by atoms with Crippen molar-refractivity contribution in [3.8, 4) is 28.1 Å². The second-order valence-corrected chi connectivity index (χ2v) is 7.78. The number of ether oxygens (including phenoxy) is 1. The smallest absolute Gasteiger partial charge is 0.134 e. The highest BCUT2D eigenvalue weighted by molar-refractivity contribution is 5.69. The minimum absolute atomic E-state index is 0.257. The summed E-state index contributed by atoms with van der Waals surface area (Å²) in [5.41, 5.74) is 4.68. The molecule has 0 unspecified atom stereocenters. The van der Waals surface area contributed by atoms with Crippen molar-refractivity contribution in [2.45, 2.75) is 58.8 Å². The number of rotatable bonds is 11. The normalized spacial score (nSPS) is 10.9. The number of aryl methyl sites for hydroxylation is 1. The lowest BCUT2D eigenvalue weighted by molar-refractivity contribution is 0.303. The first-order valence-electron chi connectivity index (χ1n) is 11.2. The van der Waals surface area contributed by atoms with Crippen LogP contribution >= 0.6 is 0 Å². The van der Waals surface area contributed by atoms with Crippen molar-refractivity contribution in [3.63, 3.8) is 0 Å².